The van der Waals surface area contributed by atoms with Crippen LogP contribution < -0.4 is 20.7 Å². The first-order valence-electron chi connectivity index (χ1n) is 10.4. The van der Waals surface area contributed by atoms with E-state index < -0.39 is 11.6 Å². The van der Waals surface area contributed by atoms with Crippen LogP contribution in [0, 0.1) is 23.7 Å². The van der Waals surface area contributed by atoms with E-state index in [1.54, 1.807) is 18.6 Å². The summed E-state index contributed by atoms with van der Waals surface area (Å²) in [6.45, 7) is 1.32. The van der Waals surface area contributed by atoms with Crippen LogP contribution in [0.3, 0.4) is 0 Å². The van der Waals surface area contributed by atoms with Gasteiger partial charge in [-0.15, -0.1) is 0 Å². The van der Waals surface area contributed by atoms with Gasteiger partial charge in [0.2, 0.25) is 5.91 Å². The minimum Gasteiger partial charge on any atom is -0.411 e. The number of piperidine rings is 1. The van der Waals surface area contributed by atoms with E-state index in [2.05, 4.69) is 16.3 Å². The average molecular weight is 397 g/mol. The van der Waals surface area contributed by atoms with E-state index in [0.717, 1.165) is 12.1 Å². The fourth-order valence-electron chi connectivity index (χ4n) is 4.24. The summed E-state index contributed by atoms with van der Waals surface area (Å²) in [4.78, 5) is 25.4. The highest BCUT2D eigenvalue weighted by atomic mass is 16.5. The van der Waals surface area contributed by atoms with Crippen molar-refractivity contribution in [3.63, 3.8) is 0 Å². The number of nitriles is 1. The summed E-state index contributed by atoms with van der Waals surface area (Å²) in [6.07, 6.45) is 9.04. The Morgan fingerprint density at radius 1 is 1.21 bits per heavy atom. The lowest BCUT2D eigenvalue weighted by Crippen LogP contribution is -2.54. The number of ether oxygens (including phenoxy) is 1. The van der Waals surface area contributed by atoms with Crippen molar-refractivity contribution in [2.75, 3.05) is 18.0 Å². The molecule has 1 heterocycles. The van der Waals surface area contributed by atoms with Crippen LogP contribution in [0.2, 0.25) is 0 Å². The van der Waals surface area contributed by atoms with Crippen molar-refractivity contribution in [2.24, 2.45) is 11.7 Å². The van der Waals surface area contributed by atoms with E-state index in [1.165, 1.54) is 32.1 Å². The van der Waals surface area contributed by atoms with Gasteiger partial charge in [0, 0.05) is 38.0 Å². The molecular weight excluding hydrogens is 368 g/mol. The zero-order chi connectivity index (χ0) is 20.7. The summed E-state index contributed by atoms with van der Waals surface area (Å²) in [5, 5.41) is 12.7. The molecule has 7 nitrogen and oxygen atoms in total. The van der Waals surface area contributed by atoms with Crippen LogP contribution in [0.5, 0.6) is 5.75 Å². The molecule has 1 saturated carbocycles. The van der Waals surface area contributed by atoms with Crippen LogP contribution in [0.25, 0.3) is 0 Å². The molecule has 3 N–H and O–H groups in total. The third kappa shape index (κ3) is 5.86. The van der Waals surface area contributed by atoms with Gasteiger partial charge in [0.1, 0.15) is 11.3 Å². The molecule has 2 fully saturated rings. The Bertz CT molecular complexity index is 742. The molecular formula is C22H29N4O3. The molecule has 155 valence electrons. The highest BCUT2D eigenvalue weighted by molar-refractivity contribution is 5.85. The first-order chi connectivity index (χ1) is 14.0. The van der Waals surface area contributed by atoms with Crippen LogP contribution in [-0.2, 0) is 4.79 Å². The number of rotatable bonds is 6. The van der Waals surface area contributed by atoms with Gasteiger partial charge in [-0.05, 0) is 36.6 Å². The number of benzene rings is 1. The molecule has 2 aliphatic rings. The van der Waals surface area contributed by atoms with E-state index in [1.807, 2.05) is 12.1 Å². The van der Waals surface area contributed by atoms with Crippen molar-refractivity contribution < 1.29 is 14.3 Å². The first-order valence-corrected chi connectivity index (χ1v) is 10.4. The number of anilines is 1. The van der Waals surface area contributed by atoms with Gasteiger partial charge in [0.25, 0.3) is 0 Å². The van der Waals surface area contributed by atoms with Crippen LogP contribution in [0.4, 0.5) is 10.5 Å². The number of nitrogens with one attached hydrogen (secondary N) is 1. The molecule has 1 radical (unpaired) electrons. The second-order valence-electron chi connectivity index (χ2n) is 8.03. The lowest BCUT2D eigenvalue weighted by atomic mass is 9.85. The third-order valence-electron chi connectivity index (χ3n) is 5.98. The lowest BCUT2D eigenvalue weighted by Gasteiger charge is -2.39. The maximum atomic E-state index is 12.4. The Balaban J connectivity index is 1.49. The summed E-state index contributed by atoms with van der Waals surface area (Å²) < 4.78 is 4.84. The van der Waals surface area contributed by atoms with Crippen molar-refractivity contribution in [2.45, 2.75) is 56.9 Å². The lowest BCUT2D eigenvalue weighted by molar-refractivity contribution is -0.119. The van der Waals surface area contributed by atoms with Gasteiger partial charge in [-0.3, -0.25) is 4.79 Å². The number of nitrogens with two attached hydrogens (primary N) is 1. The average Bonchev–Trinajstić information content (AvgIpc) is 2.74. The Morgan fingerprint density at radius 2 is 1.86 bits per heavy atom. The quantitative estimate of drug-likeness (QED) is 0.766. The molecule has 0 atom stereocenters. The number of hydrogen-bond acceptors (Lipinski definition) is 5. The second-order valence-corrected chi connectivity index (χ2v) is 8.03. The standard InChI is InChI=1S/C22H29N4O3/c23-16-22(25-20(27)11-6-17-4-2-1-3-5-17)12-14-26(15-13-22)18-7-9-19(10-8-18)29-21(24)28/h7-11,17H,1-6,12-15H2,(H2,24,28)(H,25,27). The predicted octanol–water partition coefficient (Wildman–Crippen LogP) is 3.30. The smallest absolute Gasteiger partial charge is 0.409 e. The van der Waals surface area contributed by atoms with Crippen molar-refractivity contribution in [1.82, 2.24) is 5.32 Å². The maximum absolute atomic E-state index is 12.4. The molecule has 0 aromatic heterocycles. The zero-order valence-corrected chi connectivity index (χ0v) is 16.7. The largest absolute Gasteiger partial charge is 0.411 e. The number of hydrogen-bond donors (Lipinski definition) is 2. The molecule has 0 bridgehead atoms. The molecule has 1 aromatic carbocycles. The fourth-order valence-corrected chi connectivity index (χ4v) is 4.24. The van der Waals surface area contributed by atoms with Crippen LogP contribution in [-0.4, -0.2) is 30.6 Å². The number of primary amides is 1. The predicted molar refractivity (Wildman–Crippen MR) is 110 cm³/mol. The van der Waals surface area contributed by atoms with Crippen molar-refractivity contribution in [1.29, 1.82) is 5.26 Å². The molecule has 1 aliphatic heterocycles. The molecule has 1 aromatic rings. The highest BCUT2D eigenvalue weighted by Crippen LogP contribution is 2.29. The van der Waals surface area contributed by atoms with Gasteiger partial charge in [-0.25, -0.2) is 4.79 Å². The maximum Gasteiger partial charge on any atom is 0.409 e. The van der Waals surface area contributed by atoms with E-state index >= 15 is 0 Å². The number of amides is 2. The van der Waals surface area contributed by atoms with Crippen LogP contribution in [0.15, 0.2) is 24.3 Å². The monoisotopic (exact) mass is 397 g/mol. The minimum atomic E-state index is -0.842. The van der Waals surface area contributed by atoms with Gasteiger partial charge in [0.15, 0.2) is 0 Å². The first kappa shape index (κ1) is 21.0. The molecule has 1 saturated heterocycles. The Hall–Kier alpha value is -2.75. The Labute approximate surface area is 172 Å². The Kier molecular flexibility index (Phi) is 6.97. The SMILES string of the molecule is N#CC1(NC(=O)[CH]CC2CCCCC2)CCN(c2ccc(OC(N)=O)cc2)CC1. The summed E-state index contributed by atoms with van der Waals surface area (Å²) in [7, 11) is 0. The van der Waals surface area contributed by atoms with Crippen molar-refractivity contribution in [3.05, 3.63) is 30.7 Å². The topological polar surface area (TPSA) is 108 Å². The van der Waals surface area contributed by atoms with Crippen LogP contribution in [0.1, 0.15) is 51.4 Å². The molecule has 29 heavy (non-hydrogen) atoms. The summed E-state index contributed by atoms with van der Waals surface area (Å²) >= 11 is 0. The molecule has 1 aliphatic carbocycles. The number of nitrogens with zero attached hydrogens (tertiary/aromatic N) is 2. The van der Waals surface area contributed by atoms with Crippen molar-refractivity contribution in [3.8, 4) is 11.8 Å². The van der Waals surface area contributed by atoms with Gasteiger partial charge < -0.3 is 20.7 Å². The summed E-state index contributed by atoms with van der Waals surface area (Å²) in [6, 6.07) is 9.43. The fraction of sp³-hybridized carbons (Fsp3) is 0.545. The number of carbonyl (C=O) groups excluding carboxylic acids is 2. The zero-order valence-electron chi connectivity index (χ0n) is 16.7. The number of carbonyl (C=O) groups is 2. The molecule has 7 heteroatoms. The molecule has 0 spiro atoms. The third-order valence-corrected chi connectivity index (χ3v) is 5.98. The van der Waals surface area contributed by atoms with E-state index in [9.17, 15) is 14.9 Å². The highest BCUT2D eigenvalue weighted by Gasteiger charge is 2.36. The summed E-state index contributed by atoms with van der Waals surface area (Å²) in [5.41, 5.74) is 5.18. The van der Waals surface area contributed by atoms with Gasteiger partial charge in [-0.1, -0.05) is 32.1 Å². The normalized spacial score (nSPS) is 19.2. The van der Waals surface area contributed by atoms with Crippen LogP contribution >= 0.6 is 0 Å². The summed E-state index contributed by atoms with van der Waals surface area (Å²) in [5.74, 6) is 0.875. The van der Waals surface area contributed by atoms with E-state index in [-0.39, 0.29) is 5.91 Å². The van der Waals surface area contributed by atoms with E-state index in [0.29, 0.717) is 37.6 Å². The molecule has 0 unspecified atom stereocenters. The van der Waals surface area contributed by atoms with E-state index in [4.69, 9.17) is 10.5 Å². The molecule has 3 rings (SSSR count). The van der Waals surface area contributed by atoms with Gasteiger partial charge >= 0.3 is 6.09 Å². The molecule has 2 amide bonds. The Morgan fingerprint density at radius 3 is 2.45 bits per heavy atom. The van der Waals surface area contributed by atoms with Gasteiger partial charge in [0.05, 0.1) is 6.07 Å². The minimum absolute atomic E-state index is 0.126. The second kappa shape index (κ2) is 9.64. The van der Waals surface area contributed by atoms with Crippen molar-refractivity contribution >= 4 is 17.7 Å². The van der Waals surface area contributed by atoms with Gasteiger partial charge in [-0.2, -0.15) is 5.26 Å².